The summed E-state index contributed by atoms with van der Waals surface area (Å²) >= 11 is 11.9. The zero-order chi connectivity index (χ0) is 14.8. The molecule has 2 nitrogen and oxygen atoms in total. The molecule has 21 heavy (non-hydrogen) atoms. The zero-order valence-corrected chi connectivity index (χ0v) is 15.6. The Labute approximate surface area is 172 Å². The molecule has 106 valence electrons. The third-order valence-corrected chi connectivity index (χ3v) is 3.27. The smallest absolute Gasteiger partial charge is 0.487 e. The summed E-state index contributed by atoms with van der Waals surface area (Å²) in [5.74, 6) is 0.0117. The van der Waals surface area contributed by atoms with Crippen molar-refractivity contribution in [2.75, 3.05) is 0 Å². The van der Waals surface area contributed by atoms with Gasteiger partial charge in [-0.2, -0.15) is 0 Å². The van der Waals surface area contributed by atoms with E-state index in [4.69, 9.17) is 27.9 Å². The van der Waals surface area contributed by atoms with Crippen molar-refractivity contribution in [2.45, 2.75) is 6.61 Å². The maximum absolute atomic E-state index is 12.6. The van der Waals surface area contributed by atoms with Crippen molar-refractivity contribution in [3.05, 3.63) is 52.3 Å². The predicted molar refractivity (Wildman–Crippen MR) is 73.7 cm³/mol. The molecule has 0 spiro atoms. The molecule has 0 aliphatic heterocycles. The monoisotopic (exact) mass is 359 g/mol. The van der Waals surface area contributed by atoms with Gasteiger partial charge in [-0.15, -0.1) is 0 Å². The Hall–Kier alpha value is 0.241. The molecule has 0 saturated heterocycles. The summed E-state index contributed by atoms with van der Waals surface area (Å²) in [7, 11) is 0. The van der Waals surface area contributed by atoms with Crippen LogP contribution in [0.1, 0.15) is 5.56 Å². The van der Waals surface area contributed by atoms with Gasteiger partial charge in [0.1, 0.15) is 12.4 Å². The van der Waals surface area contributed by atoms with Crippen LogP contribution in [0.15, 0.2) is 36.7 Å². The molecule has 0 fully saturated rings. The number of halogens is 5. The number of benzene rings is 1. The van der Waals surface area contributed by atoms with E-state index < -0.39 is 12.4 Å². The van der Waals surface area contributed by atoms with E-state index in [1.807, 2.05) is 0 Å². The van der Waals surface area contributed by atoms with Gasteiger partial charge in [0, 0.05) is 21.8 Å². The Morgan fingerprint density at radius 2 is 1.71 bits per heavy atom. The summed E-state index contributed by atoms with van der Waals surface area (Å²) in [5.41, 5.74) is -0.300. The van der Waals surface area contributed by atoms with Crippen LogP contribution < -0.4 is 61.6 Å². The second kappa shape index (κ2) is 8.19. The molecular formula is C12H8BCl2F3KNO. The fourth-order valence-corrected chi connectivity index (χ4v) is 2.03. The maximum atomic E-state index is 12.6. The van der Waals surface area contributed by atoms with Crippen molar-refractivity contribution in [3.63, 3.8) is 0 Å². The van der Waals surface area contributed by atoms with Crippen molar-refractivity contribution in [1.82, 2.24) is 4.98 Å². The molecule has 1 heterocycles. The number of ether oxygens (including phenoxy) is 1. The van der Waals surface area contributed by atoms with Crippen LogP contribution in [0.3, 0.4) is 0 Å². The van der Waals surface area contributed by atoms with Crippen molar-refractivity contribution < 1.29 is 69.1 Å². The van der Waals surface area contributed by atoms with Crippen LogP contribution in [0.25, 0.3) is 0 Å². The molecule has 0 unspecified atom stereocenters. The van der Waals surface area contributed by atoms with Gasteiger partial charge in [-0.25, -0.2) is 0 Å². The predicted octanol–water partition coefficient (Wildman–Crippen LogP) is 1.03. The first-order valence-corrected chi connectivity index (χ1v) is 6.34. The molecule has 2 aromatic rings. The van der Waals surface area contributed by atoms with Gasteiger partial charge in [0.2, 0.25) is 0 Å². The quantitative estimate of drug-likeness (QED) is 0.760. The van der Waals surface area contributed by atoms with E-state index in [1.165, 1.54) is 6.20 Å². The minimum atomic E-state index is -5.11. The summed E-state index contributed by atoms with van der Waals surface area (Å²) < 4.78 is 43.0. The number of hydrogen-bond donors (Lipinski definition) is 0. The van der Waals surface area contributed by atoms with Gasteiger partial charge in [-0.05, 0) is 18.2 Å². The first-order chi connectivity index (χ1) is 9.38. The van der Waals surface area contributed by atoms with Gasteiger partial charge >= 0.3 is 58.4 Å². The molecule has 2 rings (SSSR count). The molecule has 0 aliphatic rings. The van der Waals surface area contributed by atoms with Gasteiger partial charge in [0.05, 0.1) is 6.20 Å². The molecule has 1 aromatic carbocycles. The summed E-state index contributed by atoms with van der Waals surface area (Å²) in [6.07, 6.45) is 1.96. The second-order valence-corrected chi connectivity index (χ2v) is 4.83. The van der Waals surface area contributed by atoms with Crippen LogP contribution in [0.4, 0.5) is 12.9 Å². The van der Waals surface area contributed by atoms with E-state index in [2.05, 4.69) is 4.98 Å². The van der Waals surface area contributed by atoms with Crippen molar-refractivity contribution >= 4 is 35.6 Å². The van der Waals surface area contributed by atoms with Gasteiger partial charge in [-0.3, -0.25) is 4.98 Å². The number of hydrogen-bond acceptors (Lipinski definition) is 2. The fraction of sp³-hybridized carbons (Fsp3) is 0.0833. The second-order valence-electron chi connectivity index (χ2n) is 4.02. The molecule has 0 amide bonds. The minimum Gasteiger partial charge on any atom is -0.487 e. The SMILES string of the molecule is F[B-](F)(F)c1cncc(OCc2c(Cl)cccc2Cl)c1.[K+]. The molecule has 9 heteroatoms. The topological polar surface area (TPSA) is 22.1 Å². The number of rotatable bonds is 4. The fourth-order valence-electron chi connectivity index (χ4n) is 1.52. The van der Waals surface area contributed by atoms with Gasteiger partial charge in [-0.1, -0.05) is 34.7 Å². The normalized spacial score (nSPS) is 10.9. The van der Waals surface area contributed by atoms with Gasteiger partial charge < -0.3 is 17.7 Å². The van der Waals surface area contributed by atoms with E-state index in [0.29, 0.717) is 15.6 Å². The van der Waals surface area contributed by atoms with Crippen molar-refractivity contribution in [3.8, 4) is 5.75 Å². The third kappa shape index (κ3) is 5.42. The van der Waals surface area contributed by atoms with Crippen LogP contribution in [-0.2, 0) is 6.61 Å². The largest absolute Gasteiger partial charge is 1.00 e. The molecule has 0 bridgehead atoms. The Balaban J connectivity index is 0.00000220. The first-order valence-electron chi connectivity index (χ1n) is 5.58. The van der Waals surface area contributed by atoms with Crippen LogP contribution in [0.2, 0.25) is 10.0 Å². The van der Waals surface area contributed by atoms with Crippen molar-refractivity contribution in [1.29, 1.82) is 0 Å². The van der Waals surface area contributed by atoms with E-state index >= 15 is 0 Å². The third-order valence-electron chi connectivity index (χ3n) is 2.56. The van der Waals surface area contributed by atoms with Crippen molar-refractivity contribution in [2.24, 2.45) is 0 Å². The number of aromatic nitrogens is 1. The zero-order valence-electron chi connectivity index (χ0n) is 11.0. The minimum absolute atomic E-state index is 0. The Morgan fingerprint density at radius 3 is 2.29 bits per heavy atom. The van der Waals surface area contributed by atoms with E-state index in [0.717, 1.165) is 12.3 Å². The Kier molecular flexibility index (Phi) is 7.53. The molecule has 1 aromatic heterocycles. The Bertz CT molecular complexity index is 607. The van der Waals surface area contributed by atoms with Gasteiger partial charge in [0.25, 0.3) is 0 Å². The molecule has 0 N–H and O–H groups in total. The molecule has 0 saturated carbocycles. The summed E-state index contributed by atoms with van der Waals surface area (Å²) in [6.45, 7) is -5.14. The summed E-state index contributed by atoms with van der Waals surface area (Å²) in [5, 5.41) is 0.781. The molecule has 0 radical (unpaired) electrons. The maximum Gasteiger partial charge on any atom is 1.00 e. The average Bonchev–Trinajstić information content (AvgIpc) is 2.37. The van der Waals surface area contributed by atoms with Crippen LogP contribution in [-0.4, -0.2) is 12.0 Å². The van der Waals surface area contributed by atoms with Crippen LogP contribution >= 0.6 is 23.2 Å². The summed E-state index contributed by atoms with van der Waals surface area (Å²) in [6, 6.07) is 5.82. The number of pyridine rings is 1. The van der Waals surface area contributed by atoms with Crippen LogP contribution in [0, 0.1) is 0 Å². The van der Waals surface area contributed by atoms with E-state index in [-0.39, 0.29) is 63.7 Å². The van der Waals surface area contributed by atoms with E-state index in [9.17, 15) is 12.9 Å². The average molecular weight is 360 g/mol. The van der Waals surface area contributed by atoms with E-state index in [1.54, 1.807) is 18.2 Å². The summed E-state index contributed by atoms with van der Waals surface area (Å²) in [4.78, 5) is 3.51. The molecular weight excluding hydrogens is 352 g/mol. The standard InChI is InChI=1S/C12H8BCl2F3NO.K/c14-11-2-1-3-12(15)10(11)7-20-9-4-8(5-19-6-9)13(16,17)18;/h1-6H,7H2;/q-1;+1. The molecule has 0 aliphatic carbocycles. The van der Waals surface area contributed by atoms with Crippen LogP contribution in [0.5, 0.6) is 5.75 Å². The van der Waals surface area contributed by atoms with Gasteiger partial charge in [0.15, 0.2) is 0 Å². The molecule has 0 atom stereocenters. The Morgan fingerprint density at radius 1 is 1.10 bits per heavy atom. The number of nitrogens with zero attached hydrogens (tertiary/aromatic N) is 1. The first kappa shape index (κ1) is 19.3.